The summed E-state index contributed by atoms with van der Waals surface area (Å²) in [6.07, 6.45) is 3.47. The molecular formula is C12H25NO3. The van der Waals surface area contributed by atoms with Crippen LogP contribution in [-0.4, -0.2) is 45.3 Å². The number of methoxy groups -OCH3 is 2. The van der Waals surface area contributed by atoms with Crippen LogP contribution in [0.5, 0.6) is 0 Å². The van der Waals surface area contributed by atoms with Gasteiger partial charge in [-0.1, -0.05) is 6.92 Å². The van der Waals surface area contributed by atoms with Gasteiger partial charge in [-0.15, -0.1) is 0 Å². The van der Waals surface area contributed by atoms with Gasteiger partial charge in [0, 0.05) is 26.9 Å². The molecule has 0 aliphatic carbocycles. The minimum absolute atomic E-state index is 0.178. The van der Waals surface area contributed by atoms with Crippen LogP contribution in [0.1, 0.15) is 33.1 Å². The monoisotopic (exact) mass is 231 g/mol. The van der Waals surface area contributed by atoms with Crippen molar-refractivity contribution in [2.75, 3.05) is 20.8 Å². The van der Waals surface area contributed by atoms with Crippen LogP contribution in [0.25, 0.3) is 0 Å². The molecule has 1 N–H and O–H groups in total. The molecule has 0 spiro atoms. The highest BCUT2D eigenvalue weighted by Crippen LogP contribution is 2.17. The first-order valence-corrected chi connectivity index (χ1v) is 6.14. The van der Waals surface area contributed by atoms with Crippen molar-refractivity contribution in [2.24, 2.45) is 0 Å². The molecule has 1 saturated heterocycles. The highest BCUT2D eigenvalue weighted by atomic mass is 16.7. The maximum Gasteiger partial charge on any atom is 0.171 e. The van der Waals surface area contributed by atoms with Crippen LogP contribution < -0.4 is 5.32 Å². The molecule has 0 aromatic rings. The zero-order valence-electron chi connectivity index (χ0n) is 10.9. The summed E-state index contributed by atoms with van der Waals surface area (Å²) in [7, 11) is 3.34. The van der Waals surface area contributed by atoms with Gasteiger partial charge >= 0.3 is 0 Å². The molecule has 0 saturated carbocycles. The quantitative estimate of drug-likeness (QED) is 0.704. The maximum atomic E-state index is 5.65. The Kier molecular flexibility index (Phi) is 6.28. The standard InChI is InChI=1S/C12H25NO3/c1-5-11-8-10(6-7-16-11)13-9(2)12(14-3)15-4/h9-13H,5-8H2,1-4H3. The summed E-state index contributed by atoms with van der Waals surface area (Å²) in [4.78, 5) is 0. The lowest BCUT2D eigenvalue weighted by Gasteiger charge is -2.33. The van der Waals surface area contributed by atoms with Gasteiger partial charge in [0.1, 0.15) is 0 Å². The molecule has 4 nitrogen and oxygen atoms in total. The molecule has 0 radical (unpaired) electrons. The van der Waals surface area contributed by atoms with Crippen molar-refractivity contribution in [3.05, 3.63) is 0 Å². The van der Waals surface area contributed by atoms with Gasteiger partial charge in [-0.05, 0) is 26.2 Å². The fourth-order valence-electron chi connectivity index (χ4n) is 2.27. The number of ether oxygens (including phenoxy) is 3. The van der Waals surface area contributed by atoms with E-state index >= 15 is 0 Å². The Hall–Kier alpha value is -0.160. The maximum absolute atomic E-state index is 5.65. The number of hydrogen-bond donors (Lipinski definition) is 1. The first-order chi connectivity index (χ1) is 7.71. The van der Waals surface area contributed by atoms with Crippen molar-refractivity contribution in [3.8, 4) is 0 Å². The Morgan fingerprint density at radius 2 is 2.06 bits per heavy atom. The minimum Gasteiger partial charge on any atom is -0.378 e. The van der Waals surface area contributed by atoms with Gasteiger partial charge in [0.15, 0.2) is 6.29 Å². The third-order valence-electron chi connectivity index (χ3n) is 3.19. The third kappa shape index (κ3) is 4.01. The topological polar surface area (TPSA) is 39.7 Å². The largest absolute Gasteiger partial charge is 0.378 e. The predicted octanol–water partition coefficient (Wildman–Crippen LogP) is 1.54. The summed E-state index contributed by atoms with van der Waals surface area (Å²) in [6, 6.07) is 0.720. The molecule has 4 heteroatoms. The number of hydrogen-bond acceptors (Lipinski definition) is 4. The van der Waals surface area contributed by atoms with E-state index in [1.54, 1.807) is 14.2 Å². The van der Waals surface area contributed by atoms with E-state index in [-0.39, 0.29) is 12.3 Å². The lowest BCUT2D eigenvalue weighted by atomic mass is 10.0. The Labute approximate surface area is 98.6 Å². The lowest BCUT2D eigenvalue weighted by molar-refractivity contribution is -0.123. The summed E-state index contributed by atoms with van der Waals surface area (Å²) in [5, 5.41) is 3.56. The van der Waals surface area contributed by atoms with Crippen LogP contribution in [-0.2, 0) is 14.2 Å². The van der Waals surface area contributed by atoms with E-state index in [1.165, 1.54) is 0 Å². The Morgan fingerprint density at radius 3 is 2.62 bits per heavy atom. The Morgan fingerprint density at radius 1 is 1.38 bits per heavy atom. The average Bonchev–Trinajstić information content (AvgIpc) is 2.31. The summed E-state index contributed by atoms with van der Waals surface area (Å²) < 4.78 is 16.1. The van der Waals surface area contributed by atoms with Crippen molar-refractivity contribution >= 4 is 0 Å². The molecule has 0 aromatic carbocycles. The van der Waals surface area contributed by atoms with E-state index in [2.05, 4.69) is 19.2 Å². The van der Waals surface area contributed by atoms with E-state index in [0.717, 1.165) is 25.9 Å². The van der Waals surface area contributed by atoms with Crippen LogP contribution in [0.3, 0.4) is 0 Å². The molecule has 1 aliphatic rings. The summed E-state index contributed by atoms with van der Waals surface area (Å²) in [5.74, 6) is 0. The van der Waals surface area contributed by atoms with Crippen LogP contribution in [0.15, 0.2) is 0 Å². The highest BCUT2D eigenvalue weighted by molar-refractivity contribution is 4.79. The van der Waals surface area contributed by atoms with Crippen molar-refractivity contribution in [2.45, 2.75) is 57.6 Å². The minimum atomic E-state index is -0.178. The molecule has 0 aromatic heterocycles. The van der Waals surface area contributed by atoms with Gasteiger partial charge in [0.05, 0.1) is 12.1 Å². The normalized spacial score (nSPS) is 28.3. The zero-order chi connectivity index (χ0) is 12.0. The van der Waals surface area contributed by atoms with E-state index in [4.69, 9.17) is 14.2 Å². The smallest absolute Gasteiger partial charge is 0.171 e. The van der Waals surface area contributed by atoms with Gasteiger partial charge in [-0.3, -0.25) is 0 Å². The van der Waals surface area contributed by atoms with E-state index in [1.807, 2.05) is 0 Å². The molecular weight excluding hydrogens is 206 g/mol. The highest BCUT2D eigenvalue weighted by Gasteiger charge is 2.25. The molecule has 3 atom stereocenters. The fraction of sp³-hybridized carbons (Fsp3) is 1.00. The Balaban J connectivity index is 2.34. The molecule has 1 aliphatic heterocycles. The predicted molar refractivity (Wildman–Crippen MR) is 63.5 cm³/mol. The second-order valence-electron chi connectivity index (χ2n) is 4.42. The molecule has 16 heavy (non-hydrogen) atoms. The first-order valence-electron chi connectivity index (χ1n) is 6.14. The van der Waals surface area contributed by atoms with Crippen molar-refractivity contribution in [1.82, 2.24) is 5.32 Å². The van der Waals surface area contributed by atoms with Crippen molar-refractivity contribution in [1.29, 1.82) is 0 Å². The Bertz CT molecular complexity index is 185. The van der Waals surface area contributed by atoms with E-state index in [9.17, 15) is 0 Å². The molecule has 3 unspecified atom stereocenters. The van der Waals surface area contributed by atoms with Crippen LogP contribution in [0, 0.1) is 0 Å². The lowest BCUT2D eigenvalue weighted by Crippen LogP contribution is -2.48. The van der Waals surface area contributed by atoms with Crippen LogP contribution in [0.4, 0.5) is 0 Å². The second kappa shape index (κ2) is 7.22. The van der Waals surface area contributed by atoms with E-state index in [0.29, 0.717) is 12.1 Å². The van der Waals surface area contributed by atoms with Gasteiger partial charge in [-0.2, -0.15) is 0 Å². The molecule has 1 fully saturated rings. The van der Waals surface area contributed by atoms with Gasteiger partial charge in [0.2, 0.25) is 0 Å². The molecule has 0 bridgehead atoms. The fourth-order valence-corrected chi connectivity index (χ4v) is 2.27. The van der Waals surface area contributed by atoms with E-state index < -0.39 is 0 Å². The van der Waals surface area contributed by atoms with Crippen molar-refractivity contribution < 1.29 is 14.2 Å². The summed E-state index contributed by atoms with van der Waals surface area (Å²) in [6.45, 7) is 5.12. The second-order valence-corrected chi connectivity index (χ2v) is 4.42. The average molecular weight is 231 g/mol. The molecule has 1 heterocycles. The van der Waals surface area contributed by atoms with Crippen molar-refractivity contribution in [3.63, 3.8) is 0 Å². The first kappa shape index (κ1) is 13.9. The van der Waals surface area contributed by atoms with Gasteiger partial charge in [-0.25, -0.2) is 0 Å². The number of rotatable bonds is 6. The van der Waals surface area contributed by atoms with Gasteiger partial charge < -0.3 is 19.5 Å². The third-order valence-corrected chi connectivity index (χ3v) is 3.19. The van der Waals surface area contributed by atoms with Gasteiger partial charge in [0.25, 0.3) is 0 Å². The summed E-state index contributed by atoms with van der Waals surface area (Å²) in [5.41, 5.74) is 0. The van der Waals surface area contributed by atoms with Crippen LogP contribution >= 0.6 is 0 Å². The number of nitrogens with one attached hydrogen (secondary N) is 1. The molecule has 1 rings (SSSR count). The zero-order valence-corrected chi connectivity index (χ0v) is 10.9. The summed E-state index contributed by atoms with van der Waals surface area (Å²) >= 11 is 0. The molecule has 0 amide bonds. The van der Waals surface area contributed by atoms with Crippen LogP contribution in [0.2, 0.25) is 0 Å². The SMILES string of the molecule is CCC1CC(NC(C)C(OC)OC)CCO1. The molecule has 96 valence electrons.